The minimum atomic E-state index is -0.0825. The van der Waals surface area contributed by atoms with Crippen LogP contribution in [0, 0.1) is 0 Å². The first-order valence-corrected chi connectivity index (χ1v) is 8.97. The second-order valence-electron chi connectivity index (χ2n) is 4.50. The first-order valence-electron chi connectivity index (χ1n) is 6.72. The van der Waals surface area contributed by atoms with Gasteiger partial charge < -0.3 is 9.73 Å². The third kappa shape index (κ3) is 4.34. The van der Waals surface area contributed by atoms with Crippen molar-refractivity contribution in [1.29, 1.82) is 0 Å². The number of carbonyl (C=O) groups excluding carboxylic acids is 1. The fourth-order valence-electron chi connectivity index (χ4n) is 1.79. The first-order chi connectivity index (χ1) is 11.2. The summed E-state index contributed by atoms with van der Waals surface area (Å²) in [5.41, 5.74) is 0.677. The summed E-state index contributed by atoms with van der Waals surface area (Å²) in [4.78, 5) is 12.9. The largest absolute Gasteiger partial charge is 0.411 e. The van der Waals surface area contributed by atoms with Gasteiger partial charge in [0.25, 0.3) is 5.22 Å². The molecule has 0 aliphatic carbocycles. The molecule has 1 aromatic carbocycles. The van der Waals surface area contributed by atoms with Gasteiger partial charge in [-0.2, -0.15) is 0 Å². The van der Waals surface area contributed by atoms with Crippen LogP contribution >= 0.6 is 34.7 Å². The minimum Gasteiger partial charge on any atom is -0.411 e. The lowest BCUT2D eigenvalue weighted by atomic mass is 10.2. The molecule has 8 heteroatoms. The van der Waals surface area contributed by atoms with Gasteiger partial charge in [0.05, 0.1) is 22.9 Å². The lowest BCUT2D eigenvalue weighted by Crippen LogP contribution is -2.24. The Bertz CT molecular complexity index is 790. The van der Waals surface area contributed by atoms with Crippen molar-refractivity contribution in [2.45, 2.75) is 11.8 Å². The highest BCUT2D eigenvalue weighted by atomic mass is 35.5. The van der Waals surface area contributed by atoms with E-state index in [2.05, 4.69) is 15.5 Å². The molecule has 23 heavy (non-hydrogen) atoms. The molecular formula is C15H12ClN3O2S2. The number of halogens is 1. The van der Waals surface area contributed by atoms with Crippen molar-refractivity contribution < 1.29 is 9.21 Å². The van der Waals surface area contributed by atoms with Crippen molar-refractivity contribution in [1.82, 2.24) is 15.5 Å². The van der Waals surface area contributed by atoms with Crippen molar-refractivity contribution >= 4 is 40.6 Å². The number of aromatic nitrogens is 2. The number of carbonyl (C=O) groups is 1. The van der Waals surface area contributed by atoms with E-state index in [1.807, 2.05) is 29.6 Å². The molecule has 0 saturated carbocycles. The molecular weight excluding hydrogens is 354 g/mol. The molecule has 1 amide bonds. The zero-order valence-corrected chi connectivity index (χ0v) is 14.2. The fraction of sp³-hybridized carbons (Fsp3) is 0.133. The van der Waals surface area contributed by atoms with Crippen molar-refractivity contribution in [2.24, 2.45) is 0 Å². The van der Waals surface area contributed by atoms with Gasteiger partial charge in [-0.25, -0.2) is 0 Å². The van der Waals surface area contributed by atoms with Crippen molar-refractivity contribution in [3.05, 3.63) is 51.7 Å². The Morgan fingerprint density at radius 2 is 2.13 bits per heavy atom. The zero-order valence-electron chi connectivity index (χ0n) is 11.9. The van der Waals surface area contributed by atoms with Gasteiger partial charge in [0.15, 0.2) is 0 Å². The van der Waals surface area contributed by atoms with E-state index >= 15 is 0 Å². The number of hydrogen-bond acceptors (Lipinski definition) is 6. The summed E-state index contributed by atoms with van der Waals surface area (Å²) in [6, 6.07) is 11.2. The second-order valence-corrected chi connectivity index (χ2v) is 6.86. The average molecular weight is 366 g/mol. The van der Waals surface area contributed by atoms with Crippen LogP contribution in [-0.4, -0.2) is 21.9 Å². The monoisotopic (exact) mass is 365 g/mol. The van der Waals surface area contributed by atoms with E-state index in [-0.39, 0.29) is 11.7 Å². The van der Waals surface area contributed by atoms with Crippen LogP contribution in [0.5, 0.6) is 0 Å². The molecule has 2 heterocycles. The molecule has 0 spiro atoms. The smallest absolute Gasteiger partial charge is 0.277 e. The zero-order chi connectivity index (χ0) is 16.1. The lowest BCUT2D eigenvalue weighted by Gasteiger charge is -2.01. The molecule has 0 aliphatic rings. The number of thioether (sulfide) groups is 1. The predicted octanol–water partition coefficient (Wildman–Crippen LogP) is 3.86. The van der Waals surface area contributed by atoms with Crippen molar-refractivity contribution in [3.8, 4) is 11.5 Å². The molecule has 3 rings (SSSR count). The van der Waals surface area contributed by atoms with E-state index in [1.54, 1.807) is 23.5 Å². The highest BCUT2D eigenvalue weighted by Gasteiger charge is 2.13. The van der Waals surface area contributed by atoms with Gasteiger partial charge in [-0.05, 0) is 23.6 Å². The molecule has 0 unspecified atom stereocenters. The summed E-state index contributed by atoms with van der Waals surface area (Å²) in [6.45, 7) is 0.533. The van der Waals surface area contributed by atoms with E-state index in [0.717, 1.165) is 4.88 Å². The number of thiophene rings is 1. The van der Waals surface area contributed by atoms with Crippen LogP contribution in [0.2, 0.25) is 5.02 Å². The number of nitrogens with zero attached hydrogens (tertiary/aromatic N) is 2. The van der Waals surface area contributed by atoms with Crippen LogP contribution in [0.3, 0.4) is 0 Å². The quantitative estimate of drug-likeness (QED) is 0.672. The van der Waals surface area contributed by atoms with Gasteiger partial charge in [-0.15, -0.1) is 21.5 Å². The first kappa shape index (κ1) is 16.0. The highest BCUT2D eigenvalue weighted by molar-refractivity contribution is 7.99. The summed E-state index contributed by atoms with van der Waals surface area (Å²) in [5.74, 6) is 0.480. The van der Waals surface area contributed by atoms with Crippen LogP contribution in [0.1, 0.15) is 4.88 Å². The van der Waals surface area contributed by atoms with Crippen molar-refractivity contribution in [2.75, 3.05) is 5.75 Å². The Labute approximate surface area is 146 Å². The summed E-state index contributed by atoms with van der Waals surface area (Å²) in [5, 5.41) is 13.6. The van der Waals surface area contributed by atoms with Gasteiger partial charge in [0.1, 0.15) is 0 Å². The molecule has 0 saturated heterocycles. The summed E-state index contributed by atoms with van der Waals surface area (Å²) < 4.78 is 5.53. The summed E-state index contributed by atoms with van der Waals surface area (Å²) in [7, 11) is 0. The number of hydrogen-bond donors (Lipinski definition) is 1. The molecule has 5 nitrogen and oxygen atoms in total. The normalized spacial score (nSPS) is 10.7. The summed E-state index contributed by atoms with van der Waals surface area (Å²) in [6.07, 6.45) is 0. The highest BCUT2D eigenvalue weighted by Crippen LogP contribution is 2.28. The van der Waals surface area contributed by atoms with Gasteiger partial charge >= 0.3 is 0 Å². The number of benzene rings is 1. The average Bonchev–Trinajstić information content (AvgIpc) is 3.23. The SMILES string of the molecule is O=C(CSc1nnc(-c2ccccc2Cl)o1)NCc1cccs1. The second kappa shape index (κ2) is 7.63. The van der Waals surface area contributed by atoms with E-state index < -0.39 is 0 Å². The van der Waals surface area contributed by atoms with Gasteiger partial charge in [0.2, 0.25) is 11.8 Å². The van der Waals surface area contributed by atoms with Crippen LogP contribution in [-0.2, 0) is 11.3 Å². The van der Waals surface area contributed by atoms with Crippen LogP contribution in [0.4, 0.5) is 0 Å². The summed E-state index contributed by atoms with van der Waals surface area (Å²) >= 11 is 8.89. The molecule has 1 N–H and O–H groups in total. The Morgan fingerprint density at radius 1 is 1.26 bits per heavy atom. The molecule has 0 bridgehead atoms. The van der Waals surface area contributed by atoms with Crippen LogP contribution < -0.4 is 5.32 Å². The molecule has 0 aliphatic heterocycles. The molecule has 0 fully saturated rings. The Balaban J connectivity index is 1.53. The third-order valence-electron chi connectivity index (χ3n) is 2.88. The number of rotatable bonds is 6. The Kier molecular flexibility index (Phi) is 5.32. The van der Waals surface area contributed by atoms with E-state index in [1.165, 1.54) is 11.8 Å². The van der Waals surface area contributed by atoms with Gasteiger partial charge in [-0.1, -0.05) is 41.6 Å². The maximum atomic E-state index is 11.8. The van der Waals surface area contributed by atoms with Crippen LogP contribution in [0.25, 0.3) is 11.5 Å². The van der Waals surface area contributed by atoms with Gasteiger partial charge in [-0.3, -0.25) is 4.79 Å². The molecule has 2 aromatic heterocycles. The molecule has 0 radical (unpaired) electrons. The predicted molar refractivity (Wildman–Crippen MR) is 91.6 cm³/mol. The minimum absolute atomic E-state index is 0.0825. The van der Waals surface area contributed by atoms with Gasteiger partial charge in [0, 0.05) is 4.88 Å². The standard InChI is InChI=1S/C15H12ClN3O2S2/c16-12-6-2-1-5-11(12)14-18-19-15(21-14)23-9-13(20)17-8-10-4-3-7-22-10/h1-7H,8-9H2,(H,17,20). The number of amides is 1. The topological polar surface area (TPSA) is 68.0 Å². The fourth-order valence-corrected chi connectivity index (χ4v) is 3.24. The molecule has 0 atom stereocenters. The van der Waals surface area contributed by atoms with Crippen LogP contribution in [0.15, 0.2) is 51.4 Å². The Hall–Kier alpha value is -1.83. The lowest BCUT2D eigenvalue weighted by molar-refractivity contribution is -0.118. The van der Waals surface area contributed by atoms with E-state index in [9.17, 15) is 4.79 Å². The van der Waals surface area contributed by atoms with Crippen molar-refractivity contribution in [3.63, 3.8) is 0 Å². The maximum absolute atomic E-state index is 11.8. The Morgan fingerprint density at radius 3 is 2.91 bits per heavy atom. The van der Waals surface area contributed by atoms with E-state index in [0.29, 0.717) is 28.2 Å². The molecule has 118 valence electrons. The van der Waals surface area contributed by atoms with E-state index in [4.69, 9.17) is 16.0 Å². The molecule has 3 aromatic rings. The third-order valence-corrected chi connectivity index (χ3v) is 4.90. The maximum Gasteiger partial charge on any atom is 0.277 e. The number of nitrogens with one attached hydrogen (secondary N) is 1.